The molecule has 0 aromatic carbocycles. The van der Waals surface area contributed by atoms with Gasteiger partial charge in [0, 0.05) is 0 Å². The van der Waals surface area contributed by atoms with Crippen LogP contribution in [-0.2, 0) is 11.3 Å². The van der Waals surface area contributed by atoms with Gasteiger partial charge in [0.1, 0.15) is 11.6 Å². The highest BCUT2D eigenvalue weighted by Gasteiger charge is 2.00. The van der Waals surface area contributed by atoms with Crippen molar-refractivity contribution in [1.29, 1.82) is 5.41 Å². The maximum Gasteiger partial charge on any atom is 0.200 e. The van der Waals surface area contributed by atoms with Gasteiger partial charge in [0.05, 0.1) is 0 Å². The van der Waals surface area contributed by atoms with E-state index in [4.69, 9.17) is 5.41 Å². The van der Waals surface area contributed by atoms with Crippen LogP contribution in [0.15, 0.2) is 0 Å². The molecule has 1 N–H and O–H groups in total. The summed E-state index contributed by atoms with van der Waals surface area (Å²) in [6, 6.07) is 0. The zero-order chi connectivity index (χ0) is 8.43. The molecule has 0 amide bonds. The number of rotatable bonds is 2. The average Bonchev–Trinajstić information content (AvgIpc) is 2.09. The monoisotopic (exact) mass is 171 g/mol. The molecule has 0 saturated carbocycles. The molecular weight excluding hydrogens is 162 g/mol. The molecule has 0 unspecified atom stereocenters. The first-order valence-electron chi connectivity index (χ1n) is 3.18. The quantitative estimate of drug-likeness (QED) is 0.696. The molecule has 0 bridgehead atoms. The van der Waals surface area contributed by atoms with E-state index >= 15 is 0 Å². The van der Waals surface area contributed by atoms with Crippen molar-refractivity contribution in [2.45, 2.75) is 20.4 Å². The summed E-state index contributed by atoms with van der Waals surface area (Å²) in [5.74, 6) is 0.0220. The Labute approximate surface area is 68.0 Å². The number of carbonyl (C=O) groups excluding carboxylic acids is 1. The van der Waals surface area contributed by atoms with Gasteiger partial charge >= 0.3 is 0 Å². The van der Waals surface area contributed by atoms with E-state index in [1.807, 2.05) is 6.92 Å². The molecule has 0 atom stereocenters. The molecular formula is C6H9N3OS. The second-order valence-corrected chi connectivity index (χ2v) is 3.47. The molecule has 11 heavy (non-hydrogen) atoms. The van der Waals surface area contributed by atoms with Crippen molar-refractivity contribution in [3.05, 3.63) is 9.81 Å². The number of nitrogens with one attached hydrogen (secondary N) is 1. The van der Waals surface area contributed by atoms with Crippen molar-refractivity contribution in [2.24, 2.45) is 0 Å². The zero-order valence-corrected chi connectivity index (χ0v) is 7.23. The summed E-state index contributed by atoms with van der Waals surface area (Å²) < 4.78 is 1.41. The van der Waals surface area contributed by atoms with Crippen molar-refractivity contribution in [2.75, 3.05) is 0 Å². The number of aryl methyl sites for hydroxylation is 1. The van der Waals surface area contributed by atoms with Crippen LogP contribution in [0.25, 0.3) is 0 Å². The Morgan fingerprint density at radius 3 is 2.82 bits per heavy atom. The number of hydrogen-bond acceptors (Lipinski definition) is 4. The molecule has 0 aliphatic heterocycles. The molecule has 60 valence electrons. The predicted octanol–water partition coefficient (Wildman–Crippen LogP) is 0.321. The number of hydrogen-bond donors (Lipinski definition) is 1. The van der Waals surface area contributed by atoms with E-state index in [9.17, 15) is 4.79 Å². The van der Waals surface area contributed by atoms with E-state index in [1.54, 1.807) is 0 Å². The van der Waals surface area contributed by atoms with E-state index in [1.165, 1.54) is 22.9 Å². The highest BCUT2D eigenvalue weighted by atomic mass is 32.1. The minimum atomic E-state index is 0.0220. The SMILES string of the molecule is CC(=O)Cn1nc(C)sc1=N. The van der Waals surface area contributed by atoms with Crippen LogP contribution in [0.4, 0.5) is 0 Å². The number of Topliss-reactive ketones (excluding diaryl/α,β-unsaturated/α-hetero) is 1. The maximum atomic E-state index is 10.6. The summed E-state index contributed by atoms with van der Waals surface area (Å²) in [6.45, 7) is 3.52. The van der Waals surface area contributed by atoms with Crippen LogP contribution in [0.1, 0.15) is 11.9 Å². The highest BCUT2D eigenvalue weighted by Crippen LogP contribution is 1.93. The lowest BCUT2D eigenvalue weighted by atomic mass is 10.5. The van der Waals surface area contributed by atoms with Crippen molar-refractivity contribution >= 4 is 17.1 Å². The Morgan fingerprint density at radius 2 is 2.45 bits per heavy atom. The Morgan fingerprint density at radius 1 is 1.82 bits per heavy atom. The van der Waals surface area contributed by atoms with Gasteiger partial charge in [-0.05, 0) is 13.8 Å². The molecule has 0 radical (unpaired) electrons. The summed E-state index contributed by atoms with van der Waals surface area (Å²) >= 11 is 1.28. The molecule has 1 heterocycles. The first-order valence-corrected chi connectivity index (χ1v) is 4.00. The third kappa shape index (κ3) is 1.98. The van der Waals surface area contributed by atoms with Gasteiger partial charge in [-0.3, -0.25) is 10.2 Å². The van der Waals surface area contributed by atoms with Gasteiger partial charge in [0.25, 0.3) is 0 Å². The van der Waals surface area contributed by atoms with Gasteiger partial charge in [-0.2, -0.15) is 5.10 Å². The van der Waals surface area contributed by atoms with Crippen LogP contribution in [0, 0.1) is 12.3 Å². The van der Waals surface area contributed by atoms with Gasteiger partial charge in [0.2, 0.25) is 4.80 Å². The van der Waals surface area contributed by atoms with E-state index < -0.39 is 0 Å². The van der Waals surface area contributed by atoms with Gasteiger partial charge in [-0.25, -0.2) is 4.68 Å². The number of aromatic nitrogens is 2. The average molecular weight is 171 g/mol. The molecule has 5 heteroatoms. The Kier molecular flexibility index (Phi) is 2.19. The van der Waals surface area contributed by atoms with Crippen LogP contribution in [0.5, 0.6) is 0 Å². The lowest BCUT2D eigenvalue weighted by molar-refractivity contribution is -0.117. The second kappa shape index (κ2) is 2.96. The van der Waals surface area contributed by atoms with E-state index in [-0.39, 0.29) is 12.3 Å². The first kappa shape index (κ1) is 8.13. The lowest BCUT2D eigenvalue weighted by Gasteiger charge is -1.92. The molecule has 0 aliphatic rings. The standard InChI is InChI=1S/C6H9N3OS/c1-4(10)3-9-6(7)11-5(2)8-9/h7H,3H2,1-2H3. The van der Waals surface area contributed by atoms with Crippen LogP contribution in [-0.4, -0.2) is 15.6 Å². The van der Waals surface area contributed by atoms with Gasteiger partial charge in [-0.1, -0.05) is 11.3 Å². The molecule has 0 fully saturated rings. The number of ketones is 1. The maximum absolute atomic E-state index is 10.6. The van der Waals surface area contributed by atoms with E-state index in [2.05, 4.69) is 5.10 Å². The number of carbonyl (C=O) groups is 1. The molecule has 4 nitrogen and oxygen atoms in total. The third-order valence-electron chi connectivity index (χ3n) is 1.11. The van der Waals surface area contributed by atoms with Gasteiger partial charge < -0.3 is 0 Å². The normalized spacial score (nSPS) is 10.0. The topological polar surface area (TPSA) is 58.7 Å². The largest absolute Gasteiger partial charge is 0.298 e. The highest BCUT2D eigenvalue weighted by molar-refractivity contribution is 7.08. The van der Waals surface area contributed by atoms with Crippen LogP contribution in [0.2, 0.25) is 0 Å². The van der Waals surface area contributed by atoms with E-state index in [0.717, 1.165) is 5.01 Å². The second-order valence-electron chi connectivity index (χ2n) is 2.29. The summed E-state index contributed by atoms with van der Waals surface area (Å²) in [5.41, 5.74) is 0. The Balaban J connectivity index is 2.95. The molecule has 1 aromatic rings. The molecule has 0 saturated heterocycles. The lowest BCUT2D eigenvalue weighted by Crippen LogP contribution is -2.19. The fraction of sp³-hybridized carbons (Fsp3) is 0.500. The molecule has 0 spiro atoms. The first-order chi connectivity index (χ1) is 5.09. The Bertz CT molecular complexity index is 325. The van der Waals surface area contributed by atoms with Gasteiger partial charge in [0.15, 0.2) is 5.78 Å². The van der Waals surface area contributed by atoms with Gasteiger partial charge in [-0.15, -0.1) is 0 Å². The van der Waals surface area contributed by atoms with Crippen molar-refractivity contribution in [3.8, 4) is 0 Å². The van der Waals surface area contributed by atoms with Crippen LogP contribution >= 0.6 is 11.3 Å². The Hall–Kier alpha value is -0.970. The molecule has 1 aromatic heterocycles. The van der Waals surface area contributed by atoms with E-state index in [0.29, 0.717) is 4.80 Å². The minimum Gasteiger partial charge on any atom is -0.298 e. The summed E-state index contributed by atoms with van der Waals surface area (Å²) in [7, 11) is 0. The summed E-state index contributed by atoms with van der Waals surface area (Å²) in [5, 5.41) is 12.1. The third-order valence-corrected chi connectivity index (χ3v) is 1.89. The van der Waals surface area contributed by atoms with Crippen LogP contribution in [0.3, 0.4) is 0 Å². The van der Waals surface area contributed by atoms with Crippen LogP contribution < -0.4 is 4.80 Å². The fourth-order valence-electron chi connectivity index (χ4n) is 0.746. The van der Waals surface area contributed by atoms with Crippen molar-refractivity contribution in [3.63, 3.8) is 0 Å². The molecule has 1 rings (SSSR count). The van der Waals surface area contributed by atoms with Crippen molar-refractivity contribution < 1.29 is 4.79 Å². The summed E-state index contributed by atoms with van der Waals surface area (Å²) in [4.78, 5) is 11.0. The smallest absolute Gasteiger partial charge is 0.200 e. The fourth-order valence-corrected chi connectivity index (χ4v) is 1.38. The minimum absolute atomic E-state index is 0.0220. The molecule has 0 aliphatic carbocycles. The predicted molar refractivity (Wildman–Crippen MR) is 41.4 cm³/mol. The number of nitrogens with zero attached hydrogens (tertiary/aromatic N) is 2. The summed E-state index contributed by atoms with van der Waals surface area (Å²) in [6.07, 6.45) is 0. The zero-order valence-electron chi connectivity index (χ0n) is 6.42. The van der Waals surface area contributed by atoms with Crippen molar-refractivity contribution in [1.82, 2.24) is 9.78 Å².